The lowest BCUT2D eigenvalue weighted by molar-refractivity contribution is 0.0804. The Morgan fingerprint density at radius 3 is 2.78 bits per heavy atom. The smallest absolute Gasteiger partial charge is 0.254 e. The highest BCUT2D eigenvalue weighted by atomic mass is 32.1. The molecule has 0 aromatic carbocycles. The van der Waals surface area contributed by atoms with E-state index in [9.17, 15) is 9.59 Å². The van der Waals surface area contributed by atoms with E-state index < -0.39 is 5.41 Å². The van der Waals surface area contributed by atoms with Crippen LogP contribution in [-0.2, 0) is 11.8 Å². The van der Waals surface area contributed by atoms with Gasteiger partial charge in [-0.3, -0.25) is 9.59 Å². The van der Waals surface area contributed by atoms with Crippen LogP contribution in [0, 0.1) is 12.8 Å². The van der Waals surface area contributed by atoms with Crippen LogP contribution in [0.25, 0.3) is 0 Å². The molecule has 3 aliphatic carbocycles. The third-order valence-corrected chi connectivity index (χ3v) is 6.95. The largest absolute Gasteiger partial charge is 0.390 e. The third-order valence-electron chi connectivity index (χ3n) is 5.89. The van der Waals surface area contributed by atoms with Gasteiger partial charge in [0.05, 0.1) is 15.4 Å². The molecule has 2 fully saturated rings. The molecule has 2 aromatic heterocycles. The fourth-order valence-corrected chi connectivity index (χ4v) is 5.26. The molecule has 0 radical (unpaired) electrons. The van der Waals surface area contributed by atoms with Crippen LogP contribution in [0.1, 0.15) is 75.8 Å². The van der Waals surface area contributed by atoms with Gasteiger partial charge in [-0.2, -0.15) is 4.98 Å². The zero-order valence-corrected chi connectivity index (χ0v) is 16.0. The number of thiophene rings is 1. The number of carbonyl (C=O) groups excluding carboxylic acids is 2. The Morgan fingerprint density at radius 1 is 1.37 bits per heavy atom. The SMILES string of the molecule is Cc1noc(C2(CC3CC3)CCc3c(sc(N)c3C(=O)NC3CC3)C2=O)n1. The average molecular weight is 386 g/mol. The molecule has 0 spiro atoms. The molecule has 3 aliphatic rings. The minimum atomic E-state index is -0.781. The molecular weight excluding hydrogens is 364 g/mol. The van der Waals surface area contributed by atoms with Gasteiger partial charge >= 0.3 is 0 Å². The van der Waals surface area contributed by atoms with E-state index in [0.717, 1.165) is 37.7 Å². The topological polar surface area (TPSA) is 111 Å². The van der Waals surface area contributed by atoms with Gasteiger partial charge in [0.2, 0.25) is 5.89 Å². The first kappa shape index (κ1) is 16.9. The number of rotatable bonds is 5. The van der Waals surface area contributed by atoms with Crippen molar-refractivity contribution in [1.82, 2.24) is 15.5 Å². The number of carbonyl (C=O) groups is 2. The molecule has 2 heterocycles. The highest BCUT2D eigenvalue weighted by Crippen LogP contribution is 2.50. The molecule has 0 saturated heterocycles. The van der Waals surface area contributed by atoms with Gasteiger partial charge in [-0.1, -0.05) is 18.0 Å². The summed E-state index contributed by atoms with van der Waals surface area (Å²) in [6.45, 7) is 1.76. The third kappa shape index (κ3) is 2.77. The van der Waals surface area contributed by atoms with Crippen molar-refractivity contribution in [1.29, 1.82) is 0 Å². The average Bonchev–Trinajstić information content (AvgIpc) is 3.54. The number of Topliss-reactive ketones (excluding diaryl/α,β-unsaturated/α-hetero) is 1. The van der Waals surface area contributed by atoms with Crippen LogP contribution >= 0.6 is 11.3 Å². The van der Waals surface area contributed by atoms with Gasteiger partial charge in [-0.05, 0) is 50.5 Å². The van der Waals surface area contributed by atoms with Gasteiger partial charge in [0.15, 0.2) is 11.6 Å². The normalized spacial score (nSPS) is 24.7. The monoisotopic (exact) mass is 386 g/mol. The minimum absolute atomic E-state index is 0.0125. The number of aromatic nitrogens is 2. The summed E-state index contributed by atoms with van der Waals surface area (Å²) in [6, 6.07) is 0.252. The summed E-state index contributed by atoms with van der Waals surface area (Å²) in [4.78, 5) is 31.3. The summed E-state index contributed by atoms with van der Waals surface area (Å²) < 4.78 is 5.48. The molecule has 7 nitrogen and oxygen atoms in total. The van der Waals surface area contributed by atoms with E-state index in [-0.39, 0.29) is 17.7 Å². The molecule has 142 valence electrons. The molecule has 3 N–H and O–H groups in total. The van der Waals surface area contributed by atoms with Crippen molar-refractivity contribution in [2.75, 3.05) is 5.73 Å². The van der Waals surface area contributed by atoms with Crippen molar-refractivity contribution < 1.29 is 14.1 Å². The number of fused-ring (bicyclic) bond motifs is 1. The number of nitrogens with zero attached hydrogens (tertiary/aromatic N) is 2. The number of hydrogen-bond donors (Lipinski definition) is 2. The second-order valence-electron chi connectivity index (χ2n) is 8.10. The van der Waals surface area contributed by atoms with Crippen molar-refractivity contribution in [3.8, 4) is 0 Å². The van der Waals surface area contributed by atoms with Crippen LogP contribution in [0.15, 0.2) is 4.52 Å². The lowest BCUT2D eigenvalue weighted by Gasteiger charge is -2.32. The van der Waals surface area contributed by atoms with Crippen LogP contribution in [0.3, 0.4) is 0 Å². The molecule has 0 bridgehead atoms. The molecule has 27 heavy (non-hydrogen) atoms. The highest BCUT2D eigenvalue weighted by Gasteiger charge is 2.52. The van der Waals surface area contributed by atoms with Crippen LogP contribution in [0.5, 0.6) is 0 Å². The first-order valence-corrected chi connectivity index (χ1v) is 10.4. The van der Waals surface area contributed by atoms with Gasteiger partial charge in [-0.25, -0.2) is 0 Å². The molecule has 2 aromatic rings. The fraction of sp³-hybridized carbons (Fsp3) is 0.579. The Kier molecular flexibility index (Phi) is 3.69. The van der Waals surface area contributed by atoms with Gasteiger partial charge in [-0.15, -0.1) is 11.3 Å². The number of aryl methyl sites for hydroxylation is 1. The number of nitrogens with two attached hydrogens (primary N) is 1. The molecule has 1 amide bonds. The Bertz CT molecular complexity index is 941. The number of nitrogens with one attached hydrogen (secondary N) is 1. The molecule has 0 aliphatic heterocycles. The van der Waals surface area contributed by atoms with Crippen molar-refractivity contribution in [2.24, 2.45) is 5.92 Å². The molecule has 8 heteroatoms. The standard InChI is InChI=1S/C19H22N4O3S/c1-9-21-18(26-23-9)19(8-10-2-3-10)7-6-12-13(17(25)22-11-4-5-11)16(20)27-14(12)15(19)24/h10-11H,2-8,20H2,1H3,(H,22,25). The summed E-state index contributed by atoms with van der Waals surface area (Å²) in [7, 11) is 0. The van der Waals surface area contributed by atoms with Crippen LogP contribution < -0.4 is 11.1 Å². The second-order valence-corrected chi connectivity index (χ2v) is 9.15. The first-order valence-electron chi connectivity index (χ1n) is 9.55. The van der Waals surface area contributed by atoms with Crippen LogP contribution in [-0.4, -0.2) is 27.9 Å². The van der Waals surface area contributed by atoms with Gasteiger partial charge in [0.1, 0.15) is 5.41 Å². The fourth-order valence-electron chi connectivity index (χ4n) is 4.10. The predicted molar refractivity (Wildman–Crippen MR) is 99.9 cm³/mol. The predicted octanol–water partition coefficient (Wildman–Crippen LogP) is 2.78. The minimum Gasteiger partial charge on any atom is -0.390 e. The number of hydrogen-bond acceptors (Lipinski definition) is 7. The molecular formula is C19H22N4O3S. The van der Waals surface area contributed by atoms with E-state index in [0.29, 0.717) is 45.9 Å². The highest BCUT2D eigenvalue weighted by molar-refractivity contribution is 7.18. The van der Waals surface area contributed by atoms with E-state index in [1.54, 1.807) is 6.92 Å². The van der Waals surface area contributed by atoms with Gasteiger partial charge in [0.25, 0.3) is 5.91 Å². The van der Waals surface area contributed by atoms with Crippen LogP contribution in [0.2, 0.25) is 0 Å². The summed E-state index contributed by atoms with van der Waals surface area (Å²) in [6.07, 6.45) is 6.23. The molecule has 5 rings (SSSR count). The van der Waals surface area contributed by atoms with Crippen molar-refractivity contribution in [3.05, 3.63) is 27.7 Å². The number of nitrogen functional groups attached to an aromatic ring is 1. The van der Waals surface area contributed by atoms with Gasteiger partial charge in [0, 0.05) is 6.04 Å². The Balaban J connectivity index is 1.55. The molecule has 2 saturated carbocycles. The maximum Gasteiger partial charge on any atom is 0.254 e. The maximum atomic E-state index is 13.6. The van der Waals surface area contributed by atoms with E-state index in [1.807, 2.05) is 0 Å². The number of amides is 1. The Morgan fingerprint density at radius 2 is 2.15 bits per heavy atom. The molecule has 1 unspecified atom stereocenters. The number of anilines is 1. The second kappa shape index (κ2) is 5.89. The Labute approximate surface area is 160 Å². The zero-order chi connectivity index (χ0) is 18.8. The van der Waals surface area contributed by atoms with Crippen molar-refractivity contribution in [2.45, 2.75) is 63.3 Å². The maximum absolute atomic E-state index is 13.6. The van der Waals surface area contributed by atoms with E-state index >= 15 is 0 Å². The molecule has 1 atom stereocenters. The zero-order valence-electron chi connectivity index (χ0n) is 15.2. The summed E-state index contributed by atoms with van der Waals surface area (Å²) in [5.74, 6) is 1.32. The van der Waals surface area contributed by atoms with E-state index in [2.05, 4.69) is 15.5 Å². The van der Waals surface area contributed by atoms with Crippen molar-refractivity contribution >= 4 is 28.0 Å². The summed E-state index contributed by atoms with van der Waals surface area (Å²) in [5.41, 5.74) is 6.69. The summed E-state index contributed by atoms with van der Waals surface area (Å²) >= 11 is 1.23. The van der Waals surface area contributed by atoms with E-state index in [4.69, 9.17) is 10.3 Å². The van der Waals surface area contributed by atoms with Crippen LogP contribution in [0.4, 0.5) is 5.00 Å². The lowest BCUT2D eigenvalue weighted by atomic mass is 9.69. The van der Waals surface area contributed by atoms with Crippen molar-refractivity contribution in [3.63, 3.8) is 0 Å². The first-order chi connectivity index (χ1) is 13.0. The number of ketones is 1. The lowest BCUT2D eigenvalue weighted by Crippen LogP contribution is -2.41. The quantitative estimate of drug-likeness (QED) is 0.817. The Hall–Kier alpha value is -2.22. The van der Waals surface area contributed by atoms with E-state index in [1.165, 1.54) is 11.3 Å². The van der Waals surface area contributed by atoms with Gasteiger partial charge < -0.3 is 15.6 Å². The summed E-state index contributed by atoms with van der Waals surface area (Å²) in [5, 5.41) is 7.34.